The highest BCUT2D eigenvalue weighted by atomic mass is 32.2. The third-order valence-corrected chi connectivity index (χ3v) is 7.67. The number of nitrogens with zero attached hydrogens (tertiary/aromatic N) is 2. The third-order valence-electron chi connectivity index (χ3n) is 5.78. The summed E-state index contributed by atoms with van der Waals surface area (Å²) in [5, 5.41) is 4.94. The molecule has 1 N–H and O–H groups in total. The molecule has 3 aromatic carbocycles. The van der Waals surface area contributed by atoms with Gasteiger partial charge in [-0.1, -0.05) is 36.4 Å². The van der Waals surface area contributed by atoms with Crippen LogP contribution in [0.1, 0.15) is 6.92 Å². The minimum Gasteiger partial charge on any atom is -0.324 e. The van der Waals surface area contributed by atoms with E-state index in [1.165, 1.54) is 4.31 Å². The highest BCUT2D eigenvalue weighted by Gasteiger charge is 2.32. The fourth-order valence-electron chi connectivity index (χ4n) is 3.86. The third kappa shape index (κ3) is 4.36. The lowest BCUT2D eigenvalue weighted by molar-refractivity contribution is -0.121. The van der Waals surface area contributed by atoms with Gasteiger partial charge < -0.3 is 5.32 Å². The molecule has 1 atom stereocenters. The molecule has 1 unspecified atom stereocenters. The van der Waals surface area contributed by atoms with Crippen molar-refractivity contribution in [1.82, 2.24) is 9.21 Å². The smallest absolute Gasteiger partial charge is 0.243 e. The second-order valence-electron chi connectivity index (χ2n) is 7.71. The lowest BCUT2D eigenvalue weighted by Crippen LogP contribution is -2.53. The van der Waals surface area contributed by atoms with Crippen LogP contribution in [0.4, 0.5) is 14.5 Å². The van der Waals surface area contributed by atoms with Crippen molar-refractivity contribution >= 4 is 32.4 Å². The van der Waals surface area contributed by atoms with Crippen LogP contribution in [0.25, 0.3) is 10.8 Å². The van der Waals surface area contributed by atoms with Gasteiger partial charge in [-0.05, 0) is 36.6 Å². The molecule has 1 aliphatic heterocycles. The van der Waals surface area contributed by atoms with E-state index in [0.717, 1.165) is 28.6 Å². The van der Waals surface area contributed by atoms with Crippen molar-refractivity contribution in [2.45, 2.75) is 17.9 Å². The Hall–Kier alpha value is -2.88. The zero-order valence-electron chi connectivity index (χ0n) is 17.5. The first kappa shape index (κ1) is 22.3. The zero-order valence-corrected chi connectivity index (χ0v) is 18.3. The molecule has 1 amide bonds. The summed E-state index contributed by atoms with van der Waals surface area (Å²) in [5.74, 6) is -2.48. The minimum atomic E-state index is -3.94. The fraction of sp³-hybridized carbons (Fsp3) is 0.261. The molecule has 32 heavy (non-hydrogen) atoms. The Kier molecular flexibility index (Phi) is 6.23. The summed E-state index contributed by atoms with van der Waals surface area (Å²) in [6.07, 6.45) is 0. The Bertz CT molecular complexity index is 1250. The summed E-state index contributed by atoms with van der Waals surface area (Å²) in [6, 6.07) is 15.5. The molecule has 4 rings (SSSR count). The van der Waals surface area contributed by atoms with Gasteiger partial charge in [0.05, 0.1) is 10.9 Å². The van der Waals surface area contributed by atoms with Gasteiger partial charge in [0.15, 0.2) is 11.6 Å². The average Bonchev–Trinajstić information content (AvgIpc) is 2.80. The Morgan fingerprint density at radius 3 is 2.34 bits per heavy atom. The number of anilines is 1. The predicted molar refractivity (Wildman–Crippen MR) is 119 cm³/mol. The van der Waals surface area contributed by atoms with Crippen molar-refractivity contribution in [1.29, 1.82) is 0 Å². The minimum absolute atomic E-state index is 0.146. The van der Waals surface area contributed by atoms with Crippen LogP contribution >= 0.6 is 0 Å². The van der Waals surface area contributed by atoms with E-state index in [1.807, 2.05) is 47.4 Å². The first-order chi connectivity index (χ1) is 15.3. The molecular formula is C23H23F2N3O3S. The van der Waals surface area contributed by atoms with Gasteiger partial charge in [0.25, 0.3) is 0 Å². The summed E-state index contributed by atoms with van der Waals surface area (Å²) in [6.45, 7) is 2.75. The molecular weight excluding hydrogens is 436 g/mol. The van der Waals surface area contributed by atoms with Crippen LogP contribution in [-0.4, -0.2) is 55.8 Å². The lowest BCUT2D eigenvalue weighted by Gasteiger charge is -2.36. The van der Waals surface area contributed by atoms with E-state index in [-0.39, 0.29) is 23.9 Å². The number of benzene rings is 3. The van der Waals surface area contributed by atoms with Crippen molar-refractivity contribution in [3.63, 3.8) is 0 Å². The molecule has 0 bridgehead atoms. The van der Waals surface area contributed by atoms with Gasteiger partial charge in [-0.3, -0.25) is 9.69 Å². The van der Waals surface area contributed by atoms with Gasteiger partial charge in [-0.15, -0.1) is 0 Å². The Balaban J connectivity index is 1.41. The number of fused-ring (bicyclic) bond motifs is 1. The molecule has 0 spiro atoms. The van der Waals surface area contributed by atoms with E-state index in [2.05, 4.69) is 5.32 Å². The van der Waals surface area contributed by atoms with Crippen LogP contribution in [0.5, 0.6) is 0 Å². The second-order valence-corrected chi connectivity index (χ2v) is 9.65. The number of piperazine rings is 1. The maximum atomic E-state index is 13.5. The number of halogens is 2. The number of hydrogen-bond acceptors (Lipinski definition) is 4. The van der Waals surface area contributed by atoms with Gasteiger partial charge >= 0.3 is 0 Å². The van der Waals surface area contributed by atoms with E-state index < -0.39 is 27.7 Å². The number of carbonyl (C=O) groups is 1. The number of hydrogen-bond donors (Lipinski definition) is 1. The van der Waals surface area contributed by atoms with E-state index >= 15 is 0 Å². The van der Waals surface area contributed by atoms with E-state index in [9.17, 15) is 22.0 Å². The molecule has 1 aliphatic rings. The second kappa shape index (κ2) is 8.93. The van der Waals surface area contributed by atoms with Crippen molar-refractivity contribution in [3.8, 4) is 0 Å². The molecule has 3 aromatic rings. The first-order valence-corrected chi connectivity index (χ1v) is 11.7. The summed E-state index contributed by atoms with van der Waals surface area (Å²) < 4.78 is 53.4. The average molecular weight is 460 g/mol. The molecule has 1 saturated heterocycles. The SMILES string of the molecule is CC(C(=O)Nc1cccc2ccccc12)N1CCN(S(=O)(=O)c2ccc(F)c(F)c2)CC1. The normalized spacial score (nSPS) is 16.7. The van der Waals surface area contributed by atoms with Crippen molar-refractivity contribution in [2.75, 3.05) is 31.5 Å². The quantitative estimate of drug-likeness (QED) is 0.635. The van der Waals surface area contributed by atoms with Gasteiger partial charge in [0.2, 0.25) is 15.9 Å². The number of sulfonamides is 1. The van der Waals surface area contributed by atoms with Crippen molar-refractivity contribution in [3.05, 3.63) is 72.3 Å². The maximum Gasteiger partial charge on any atom is 0.243 e. The van der Waals surface area contributed by atoms with Crippen LogP contribution in [-0.2, 0) is 14.8 Å². The lowest BCUT2D eigenvalue weighted by atomic mass is 10.1. The molecule has 0 aliphatic carbocycles. The zero-order chi connectivity index (χ0) is 22.9. The molecule has 0 radical (unpaired) electrons. The number of amides is 1. The maximum absolute atomic E-state index is 13.5. The predicted octanol–water partition coefficient (Wildman–Crippen LogP) is 3.45. The fourth-order valence-corrected chi connectivity index (χ4v) is 5.29. The first-order valence-electron chi connectivity index (χ1n) is 10.3. The Morgan fingerprint density at radius 1 is 0.938 bits per heavy atom. The van der Waals surface area contributed by atoms with E-state index in [1.54, 1.807) is 6.92 Å². The van der Waals surface area contributed by atoms with Crippen LogP contribution in [0.2, 0.25) is 0 Å². The molecule has 1 fully saturated rings. The van der Waals surface area contributed by atoms with Gasteiger partial charge in [-0.2, -0.15) is 4.31 Å². The summed E-state index contributed by atoms with van der Waals surface area (Å²) in [5.41, 5.74) is 0.722. The molecule has 0 saturated carbocycles. The van der Waals surface area contributed by atoms with Crippen LogP contribution in [0.15, 0.2) is 65.6 Å². The van der Waals surface area contributed by atoms with E-state index in [4.69, 9.17) is 0 Å². The van der Waals surface area contributed by atoms with Crippen LogP contribution in [0, 0.1) is 11.6 Å². The molecule has 9 heteroatoms. The number of nitrogens with one attached hydrogen (secondary N) is 1. The highest BCUT2D eigenvalue weighted by Crippen LogP contribution is 2.24. The van der Waals surface area contributed by atoms with Crippen LogP contribution < -0.4 is 5.32 Å². The summed E-state index contributed by atoms with van der Waals surface area (Å²) in [4.78, 5) is 14.5. The molecule has 6 nitrogen and oxygen atoms in total. The van der Waals surface area contributed by atoms with Gasteiger partial charge in [-0.25, -0.2) is 17.2 Å². The van der Waals surface area contributed by atoms with Crippen molar-refractivity contribution in [2.24, 2.45) is 0 Å². The van der Waals surface area contributed by atoms with Crippen LogP contribution in [0.3, 0.4) is 0 Å². The van der Waals surface area contributed by atoms with Gasteiger partial charge in [0.1, 0.15) is 0 Å². The number of carbonyl (C=O) groups excluding carboxylic acids is 1. The molecule has 1 heterocycles. The number of rotatable bonds is 5. The van der Waals surface area contributed by atoms with E-state index in [0.29, 0.717) is 19.2 Å². The Morgan fingerprint density at radius 2 is 1.62 bits per heavy atom. The topological polar surface area (TPSA) is 69.7 Å². The van der Waals surface area contributed by atoms with Gasteiger partial charge in [0, 0.05) is 37.3 Å². The highest BCUT2D eigenvalue weighted by molar-refractivity contribution is 7.89. The summed E-state index contributed by atoms with van der Waals surface area (Å²) >= 11 is 0. The molecule has 0 aromatic heterocycles. The molecule has 168 valence electrons. The Labute approximate surface area is 185 Å². The standard InChI is InChI=1S/C23H23F2N3O3S/c1-16(23(29)26-22-8-4-6-17-5-2-3-7-19(17)22)27-11-13-28(14-12-27)32(30,31)18-9-10-20(24)21(25)15-18/h2-10,15-16H,11-14H2,1H3,(H,26,29). The van der Waals surface area contributed by atoms with Crippen molar-refractivity contribution < 1.29 is 22.0 Å². The summed E-state index contributed by atoms with van der Waals surface area (Å²) in [7, 11) is -3.94. The largest absolute Gasteiger partial charge is 0.324 e. The monoisotopic (exact) mass is 459 g/mol.